The van der Waals surface area contributed by atoms with E-state index in [-0.39, 0.29) is 11.9 Å². The summed E-state index contributed by atoms with van der Waals surface area (Å²) in [7, 11) is 3.57. The van der Waals surface area contributed by atoms with E-state index in [1.807, 2.05) is 6.92 Å². The number of nitrogens with one attached hydrogen (secondary N) is 2. The lowest BCUT2D eigenvalue weighted by molar-refractivity contribution is -0.140. The zero-order valence-electron chi connectivity index (χ0n) is 17.8. The molecule has 7 nitrogen and oxygen atoms in total. The van der Waals surface area contributed by atoms with Gasteiger partial charge in [-0.2, -0.15) is 13.2 Å². The Morgan fingerprint density at radius 1 is 1.40 bits per heavy atom. The van der Waals surface area contributed by atoms with Crippen LogP contribution < -0.4 is 10.6 Å². The fourth-order valence-corrected chi connectivity index (χ4v) is 4.13. The Balaban J connectivity index is 1.76. The molecule has 0 bridgehead atoms. The second kappa shape index (κ2) is 11.5. The van der Waals surface area contributed by atoms with Crippen LogP contribution in [0.1, 0.15) is 36.9 Å². The molecule has 0 aliphatic carbocycles. The highest BCUT2D eigenvalue weighted by Gasteiger charge is 2.33. The molecule has 0 saturated carbocycles. The molecular weight excluding hydrogens is 417 g/mol. The smallest absolute Gasteiger partial charge is 0.357 e. The largest absolute Gasteiger partial charge is 0.434 e. The van der Waals surface area contributed by atoms with E-state index in [4.69, 9.17) is 0 Å². The van der Waals surface area contributed by atoms with E-state index in [9.17, 15) is 18.0 Å². The zero-order chi connectivity index (χ0) is 22.1. The molecule has 1 aliphatic heterocycles. The molecule has 0 aromatic carbocycles. The summed E-state index contributed by atoms with van der Waals surface area (Å²) >= 11 is 1.01. The van der Waals surface area contributed by atoms with Gasteiger partial charge in [0, 0.05) is 52.1 Å². The number of amides is 1. The van der Waals surface area contributed by atoms with Gasteiger partial charge in [0.15, 0.2) is 11.7 Å². The molecule has 2 rings (SSSR count). The van der Waals surface area contributed by atoms with Crippen LogP contribution in [-0.4, -0.2) is 79.5 Å². The number of thiazole rings is 1. The maximum absolute atomic E-state index is 12.6. The van der Waals surface area contributed by atoms with Crippen LogP contribution in [0.2, 0.25) is 0 Å². The normalized spacial score (nSPS) is 17.9. The van der Waals surface area contributed by atoms with Crippen molar-refractivity contribution in [2.75, 3.05) is 46.8 Å². The Morgan fingerprint density at radius 3 is 2.80 bits per heavy atom. The number of alkyl halides is 3. The first-order valence-corrected chi connectivity index (χ1v) is 11.1. The highest BCUT2D eigenvalue weighted by Crippen LogP contribution is 2.30. The molecule has 1 aromatic heterocycles. The lowest BCUT2D eigenvalue weighted by atomic mass is 10.2. The molecule has 170 valence electrons. The van der Waals surface area contributed by atoms with Crippen LogP contribution in [0, 0.1) is 0 Å². The first kappa shape index (κ1) is 24.4. The predicted octanol–water partition coefficient (Wildman–Crippen LogP) is 2.20. The average molecular weight is 449 g/mol. The summed E-state index contributed by atoms with van der Waals surface area (Å²) in [6, 6.07) is -0.0322. The minimum absolute atomic E-state index is 0.0322. The summed E-state index contributed by atoms with van der Waals surface area (Å²) in [5.41, 5.74) is -0.837. The monoisotopic (exact) mass is 448 g/mol. The predicted molar refractivity (Wildman–Crippen MR) is 113 cm³/mol. The van der Waals surface area contributed by atoms with Crippen molar-refractivity contribution >= 4 is 23.2 Å². The molecule has 1 unspecified atom stereocenters. The number of aromatic nitrogens is 1. The van der Waals surface area contributed by atoms with Crippen molar-refractivity contribution in [1.29, 1.82) is 0 Å². The summed E-state index contributed by atoms with van der Waals surface area (Å²) in [6.45, 7) is 5.43. The summed E-state index contributed by atoms with van der Waals surface area (Å²) in [5.74, 6) is 0.786. The van der Waals surface area contributed by atoms with Crippen molar-refractivity contribution in [2.24, 2.45) is 4.99 Å². The van der Waals surface area contributed by atoms with Gasteiger partial charge in [-0.25, -0.2) is 4.98 Å². The lowest BCUT2D eigenvalue weighted by Gasteiger charge is -2.25. The van der Waals surface area contributed by atoms with Crippen LogP contribution in [0.25, 0.3) is 0 Å². The Morgan fingerprint density at radius 2 is 2.17 bits per heavy atom. The molecule has 1 amide bonds. The minimum Gasteiger partial charge on any atom is -0.357 e. The number of hydrogen-bond acceptors (Lipinski definition) is 5. The van der Waals surface area contributed by atoms with E-state index in [0.29, 0.717) is 37.0 Å². The molecule has 2 heterocycles. The number of rotatable bonds is 9. The first-order valence-electron chi connectivity index (χ1n) is 10.2. The molecule has 1 aromatic rings. The molecule has 1 atom stereocenters. The maximum Gasteiger partial charge on any atom is 0.434 e. The van der Waals surface area contributed by atoms with Crippen LogP contribution in [-0.2, 0) is 17.4 Å². The van der Waals surface area contributed by atoms with Crippen molar-refractivity contribution in [3.8, 4) is 0 Å². The number of nitrogens with zero attached hydrogens (tertiary/aromatic N) is 4. The van der Waals surface area contributed by atoms with E-state index in [1.54, 1.807) is 19.0 Å². The third-order valence-corrected chi connectivity index (χ3v) is 5.69. The number of aliphatic imine (C=N–C) groups is 1. The minimum atomic E-state index is -4.40. The van der Waals surface area contributed by atoms with Gasteiger partial charge in [-0.1, -0.05) is 0 Å². The average Bonchev–Trinajstić information content (AvgIpc) is 3.33. The summed E-state index contributed by atoms with van der Waals surface area (Å²) < 4.78 is 37.9. The Kier molecular flexibility index (Phi) is 9.35. The molecule has 0 radical (unpaired) electrons. The molecule has 1 fully saturated rings. The third-order valence-electron chi connectivity index (χ3n) is 4.78. The van der Waals surface area contributed by atoms with Crippen molar-refractivity contribution < 1.29 is 18.0 Å². The van der Waals surface area contributed by atoms with Crippen molar-refractivity contribution in [3.05, 3.63) is 16.1 Å². The van der Waals surface area contributed by atoms with E-state index < -0.39 is 11.9 Å². The van der Waals surface area contributed by atoms with Gasteiger partial charge >= 0.3 is 6.18 Å². The second-order valence-corrected chi connectivity index (χ2v) is 8.28. The fraction of sp³-hybridized carbons (Fsp3) is 0.737. The van der Waals surface area contributed by atoms with Gasteiger partial charge in [0.25, 0.3) is 0 Å². The highest BCUT2D eigenvalue weighted by molar-refractivity contribution is 7.09. The van der Waals surface area contributed by atoms with Gasteiger partial charge in [-0.05, 0) is 32.7 Å². The van der Waals surface area contributed by atoms with E-state index in [2.05, 4.69) is 25.5 Å². The maximum atomic E-state index is 12.6. The zero-order valence-corrected chi connectivity index (χ0v) is 18.6. The number of likely N-dealkylation sites (N-methyl/N-ethyl adjacent to an activating group) is 1. The van der Waals surface area contributed by atoms with Gasteiger partial charge in [0.1, 0.15) is 0 Å². The standard InChI is InChI=1S/C19H31F3N6OS/c1-4-23-18(25-10-8-16-26-15(13-30-16)19(20,21)22)24-9-6-12-28-11-5-7-14(28)17(29)27(2)3/h13-14H,4-12H2,1-3H3,(H2,23,24,25). The van der Waals surface area contributed by atoms with Crippen LogP contribution in [0.15, 0.2) is 10.4 Å². The van der Waals surface area contributed by atoms with Crippen molar-refractivity contribution in [2.45, 2.75) is 44.8 Å². The highest BCUT2D eigenvalue weighted by atomic mass is 32.1. The fourth-order valence-electron chi connectivity index (χ4n) is 3.32. The number of likely N-dealkylation sites (tertiary alicyclic amines) is 1. The third kappa shape index (κ3) is 7.42. The number of hydrogen-bond donors (Lipinski definition) is 2. The Bertz CT molecular complexity index is 707. The molecule has 1 aliphatic rings. The lowest BCUT2D eigenvalue weighted by Crippen LogP contribution is -2.43. The summed E-state index contributed by atoms with van der Waals surface area (Å²) in [5, 5.41) is 7.76. The van der Waals surface area contributed by atoms with E-state index in [0.717, 1.165) is 49.1 Å². The van der Waals surface area contributed by atoms with E-state index >= 15 is 0 Å². The number of guanidine groups is 1. The Hall–Kier alpha value is -1.88. The van der Waals surface area contributed by atoms with Gasteiger partial charge in [-0.3, -0.25) is 14.7 Å². The molecule has 1 saturated heterocycles. The topological polar surface area (TPSA) is 72.9 Å². The molecule has 2 N–H and O–H groups in total. The summed E-state index contributed by atoms with van der Waals surface area (Å²) in [6.07, 6.45) is -1.24. The number of carbonyl (C=O) groups is 1. The number of carbonyl (C=O) groups excluding carboxylic acids is 1. The van der Waals surface area contributed by atoms with Gasteiger partial charge in [0.2, 0.25) is 5.91 Å². The van der Waals surface area contributed by atoms with Crippen LogP contribution in [0.3, 0.4) is 0 Å². The van der Waals surface area contributed by atoms with Gasteiger partial charge in [0.05, 0.1) is 11.0 Å². The summed E-state index contributed by atoms with van der Waals surface area (Å²) in [4.78, 5) is 24.3. The molecular formula is C19H31F3N6OS. The second-order valence-electron chi connectivity index (χ2n) is 7.34. The molecule has 0 spiro atoms. The quantitative estimate of drug-likeness (QED) is 0.344. The van der Waals surface area contributed by atoms with Crippen LogP contribution >= 0.6 is 11.3 Å². The van der Waals surface area contributed by atoms with Gasteiger partial charge in [-0.15, -0.1) is 11.3 Å². The van der Waals surface area contributed by atoms with Crippen LogP contribution in [0.4, 0.5) is 13.2 Å². The molecule has 30 heavy (non-hydrogen) atoms. The number of halogens is 3. The Labute approximate surface area is 179 Å². The molecule has 11 heteroatoms. The van der Waals surface area contributed by atoms with E-state index in [1.165, 1.54) is 0 Å². The van der Waals surface area contributed by atoms with Gasteiger partial charge < -0.3 is 15.5 Å². The first-order chi connectivity index (χ1) is 14.2. The van der Waals surface area contributed by atoms with Crippen molar-refractivity contribution in [3.63, 3.8) is 0 Å². The van der Waals surface area contributed by atoms with Crippen molar-refractivity contribution in [1.82, 2.24) is 25.4 Å². The SMILES string of the molecule is CCNC(=NCCCN1CCCC1C(=O)N(C)C)NCCc1nc(C(F)(F)F)cs1. The van der Waals surface area contributed by atoms with Crippen LogP contribution in [0.5, 0.6) is 0 Å².